The van der Waals surface area contributed by atoms with Gasteiger partial charge in [-0.3, -0.25) is 9.59 Å². The van der Waals surface area contributed by atoms with Gasteiger partial charge in [-0.1, -0.05) is 22.0 Å². The van der Waals surface area contributed by atoms with Gasteiger partial charge in [0.15, 0.2) is 0 Å². The van der Waals surface area contributed by atoms with Crippen molar-refractivity contribution in [2.45, 2.75) is 12.8 Å². The lowest BCUT2D eigenvalue weighted by Gasteiger charge is -2.14. The van der Waals surface area contributed by atoms with Gasteiger partial charge in [-0.05, 0) is 31.2 Å². The van der Waals surface area contributed by atoms with E-state index in [9.17, 15) is 9.59 Å². The zero-order valence-corrected chi connectivity index (χ0v) is 13.8. The van der Waals surface area contributed by atoms with Crippen LogP contribution in [0.4, 0.5) is 5.69 Å². The second kappa shape index (κ2) is 8.36. The number of aliphatic carboxylic acids is 1. The fourth-order valence-electron chi connectivity index (χ4n) is 2.29. The van der Waals surface area contributed by atoms with E-state index >= 15 is 0 Å². The zero-order valence-electron chi connectivity index (χ0n) is 11.4. The summed E-state index contributed by atoms with van der Waals surface area (Å²) in [6, 6.07) is 7.43. The normalized spacial score (nSPS) is 18.0. The van der Waals surface area contributed by atoms with Gasteiger partial charge < -0.3 is 15.3 Å². The van der Waals surface area contributed by atoms with E-state index in [-0.39, 0.29) is 24.2 Å². The van der Waals surface area contributed by atoms with Gasteiger partial charge in [0.1, 0.15) is 0 Å². The maximum Gasteiger partial charge on any atom is 0.307 e. The fourth-order valence-corrected chi connectivity index (χ4v) is 2.69. The smallest absolute Gasteiger partial charge is 0.307 e. The number of carboxylic acids is 1. The van der Waals surface area contributed by atoms with Crippen molar-refractivity contribution in [3.05, 3.63) is 28.7 Å². The molecule has 1 saturated heterocycles. The van der Waals surface area contributed by atoms with Gasteiger partial charge in [0, 0.05) is 29.7 Å². The van der Waals surface area contributed by atoms with E-state index in [2.05, 4.69) is 21.2 Å². The highest BCUT2D eigenvalue weighted by atomic mass is 79.9. The molecule has 0 spiro atoms. The maximum atomic E-state index is 11.8. The van der Waals surface area contributed by atoms with E-state index in [1.165, 1.54) is 0 Å². The van der Waals surface area contributed by atoms with Crippen LogP contribution < -0.4 is 5.32 Å². The molecule has 1 aliphatic heterocycles. The minimum atomic E-state index is -0.744. The number of carbonyl (C=O) groups excluding carboxylic acids is 1. The van der Waals surface area contributed by atoms with Gasteiger partial charge in [-0.2, -0.15) is 0 Å². The molecule has 0 bridgehead atoms. The van der Waals surface area contributed by atoms with Crippen molar-refractivity contribution < 1.29 is 14.7 Å². The summed E-state index contributed by atoms with van der Waals surface area (Å²) in [6.07, 6.45) is 1.04. The number of benzene rings is 1. The molecule has 7 heteroatoms. The monoisotopic (exact) mass is 376 g/mol. The first-order chi connectivity index (χ1) is 9.54. The van der Waals surface area contributed by atoms with Gasteiger partial charge in [-0.25, -0.2) is 0 Å². The van der Waals surface area contributed by atoms with Crippen LogP contribution in [-0.4, -0.2) is 41.5 Å². The number of halogens is 2. The Morgan fingerprint density at radius 1 is 1.43 bits per heavy atom. The number of carbonyl (C=O) groups is 2. The topological polar surface area (TPSA) is 69.6 Å². The Labute approximate surface area is 138 Å². The summed E-state index contributed by atoms with van der Waals surface area (Å²) in [5, 5.41) is 11.7. The lowest BCUT2D eigenvalue weighted by molar-refractivity contribution is -0.141. The van der Waals surface area contributed by atoms with E-state index in [1.54, 1.807) is 0 Å². The molecule has 1 aliphatic rings. The Kier molecular flexibility index (Phi) is 7.14. The SMILES string of the molecule is Cl.O=C(CCN1CCC(C(=O)O)C1)Nc1cccc(Br)c1. The predicted molar refractivity (Wildman–Crippen MR) is 86.8 cm³/mol. The van der Waals surface area contributed by atoms with Crippen molar-refractivity contribution in [1.29, 1.82) is 0 Å². The largest absolute Gasteiger partial charge is 0.481 e. The Bertz CT molecular complexity index is 513. The molecule has 1 aromatic rings. The number of hydrogen-bond donors (Lipinski definition) is 2. The number of hydrogen-bond acceptors (Lipinski definition) is 3. The molecule has 5 nitrogen and oxygen atoms in total. The van der Waals surface area contributed by atoms with Gasteiger partial charge in [-0.15, -0.1) is 12.4 Å². The molecule has 1 aromatic carbocycles. The zero-order chi connectivity index (χ0) is 14.5. The van der Waals surface area contributed by atoms with Crippen LogP contribution in [0.3, 0.4) is 0 Å². The van der Waals surface area contributed by atoms with Gasteiger partial charge in [0.2, 0.25) is 5.91 Å². The van der Waals surface area contributed by atoms with E-state index in [0.29, 0.717) is 25.9 Å². The molecule has 0 radical (unpaired) electrons. The molecule has 0 saturated carbocycles. The lowest BCUT2D eigenvalue weighted by atomic mass is 10.1. The van der Waals surface area contributed by atoms with Crippen molar-refractivity contribution in [3.63, 3.8) is 0 Å². The van der Waals surface area contributed by atoms with Gasteiger partial charge >= 0.3 is 5.97 Å². The highest BCUT2D eigenvalue weighted by Crippen LogP contribution is 2.17. The first-order valence-electron chi connectivity index (χ1n) is 6.55. The average molecular weight is 378 g/mol. The Hall–Kier alpha value is -1.11. The number of amides is 1. The summed E-state index contributed by atoms with van der Waals surface area (Å²) >= 11 is 3.35. The van der Waals surface area contributed by atoms with Crippen LogP contribution >= 0.6 is 28.3 Å². The molecular weight excluding hydrogens is 360 g/mol. The molecule has 0 aromatic heterocycles. The van der Waals surface area contributed by atoms with Crippen molar-refractivity contribution in [3.8, 4) is 0 Å². The molecule has 1 unspecified atom stereocenters. The van der Waals surface area contributed by atoms with Crippen LogP contribution in [0.5, 0.6) is 0 Å². The highest BCUT2D eigenvalue weighted by molar-refractivity contribution is 9.10. The summed E-state index contributed by atoms with van der Waals surface area (Å²) in [4.78, 5) is 24.7. The number of anilines is 1. The summed E-state index contributed by atoms with van der Waals surface area (Å²) in [7, 11) is 0. The molecule has 1 amide bonds. The first kappa shape index (κ1) is 17.9. The average Bonchev–Trinajstić information content (AvgIpc) is 2.85. The van der Waals surface area contributed by atoms with Gasteiger partial charge in [0.25, 0.3) is 0 Å². The molecular formula is C14H18BrClN2O3. The third-order valence-electron chi connectivity index (χ3n) is 3.39. The number of nitrogens with one attached hydrogen (secondary N) is 1. The molecule has 2 N–H and O–H groups in total. The summed E-state index contributed by atoms with van der Waals surface area (Å²) < 4.78 is 0.916. The highest BCUT2D eigenvalue weighted by Gasteiger charge is 2.27. The Balaban J connectivity index is 0.00000220. The Morgan fingerprint density at radius 3 is 2.81 bits per heavy atom. The van der Waals surface area contributed by atoms with Crippen LogP contribution in [0.25, 0.3) is 0 Å². The molecule has 1 atom stereocenters. The minimum Gasteiger partial charge on any atom is -0.481 e. The van der Waals surface area contributed by atoms with Crippen molar-refractivity contribution in [1.82, 2.24) is 4.90 Å². The van der Waals surface area contributed by atoms with E-state index in [0.717, 1.165) is 16.7 Å². The van der Waals surface area contributed by atoms with E-state index < -0.39 is 5.97 Å². The first-order valence-corrected chi connectivity index (χ1v) is 7.34. The lowest BCUT2D eigenvalue weighted by Crippen LogP contribution is -2.27. The fraction of sp³-hybridized carbons (Fsp3) is 0.429. The number of carboxylic acid groups (broad SMARTS) is 1. The van der Waals surface area contributed by atoms with E-state index in [1.807, 2.05) is 29.2 Å². The third-order valence-corrected chi connectivity index (χ3v) is 3.88. The summed E-state index contributed by atoms with van der Waals surface area (Å²) in [6.45, 7) is 1.89. The minimum absolute atomic E-state index is 0. The number of likely N-dealkylation sites (tertiary alicyclic amines) is 1. The molecule has 1 fully saturated rings. The van der Waals surface area contributed by atoms with Crippen LogP contribution in [-0.2, 0) is 9.59 Å². The number of nitrogens with zero attached hydrogens (tertiary/aromatic N) is 1. The number of rotatable bonds is 5. The van der Waals surface area contributed by atoms with Crippen LogP contribution in [0.15, 0.2) is 28.7 Å². The molecule has 21 heavy (non-hydrogen) atoms. The molecule has 2 rings (SSSR count). The third kappa shape index (κ3) is 5.65. The van der Waals surface area contributed by atoms with Gasteiger partial charge in [0.05, 0.1) is 5.92 Å². The molecule has 116 valence electrons. The summed E-state index contributed by atoms with van der Waals surface area (Å²) in [5.74, 6) is -1.09. The predicted octanol–water partition coefficient (Wildman–Crippen LogP) is 2.61. The van der Waals surface area contributed by atoms with Crippen LogP contribution in [0.2, 0.25) is 0 Å². The van der Waals surface area contributed by atoms with Crippen molar-refractivity contribution in [2.24, 2.45) is 5.92 Å². The molecule has 0 aliphatic carbocycles. The van der Waals surface area contributed by atoms with E-state index in [4.69, 9.17) is 5.11 Å². The summed E-state index contributed by atoms with van der Waals surface area (Å²) in [5.41, 5.74) is 0.759. The van der Waals surface area contributed by atoms with Crippen molar-refractivity contribution >= 4 is 45.9 Å². The van der Waals surface area contributed by atoms with Crippen molar-refractivity contribution in [2.75, 3.05) is 25.0 Å². The maximum absolute atomic E-state index is 11.8. The standard InChI is InChI=1S/C14H17BrN2O3.ClH/c15-11-2-1-3-12(8-11)16-13(18)5-7-17-6-4-10(9-17)14(19)20;/h1-3,8,10H,4-7,9H2,(H,16,18)(H,19,20);1H. The molecule has 1 heterocycles. The second-order valence-corrected chi connectivity index (χ2v) is 5.85. The quantitative estimate of drug-likeness (QED) is 0.827. The Morgan fingerprint density at radius 2 is 2.19 bits per heavy atom. The second-order valence-electron chi connectivity index (χ2n) is 4.93. The van der Waals surface area contributed by atoms with Crippen LogP contribution in [0.1, 0.15) is 12.8 Å². The van der Waals surface area contributed by atoms with Crippen LogP contribution in [0, 0.1) is 5.92 Å².